The maximum atomic E-state index is 12.7. The number of aromatic nitrogens is 4. The van der Waals surface area contributed by atoms with Gasteiger partial charge in [-0.05, 0) is 18.4 Å². The predicted octanol–water partition coefficient (Wildman–Crippen LogP) is 2.13. The van der Waals surface area contributed by atoms with E-state index in [1.165, 1.54) is 7.05 Å². The van der Waals surface area contributed by atoms with E-state index in [2.05, 4.69) is 17.2 Å². The number of nitrogens with zero attached hydrogens (tertiary/aromatic N) is 4. The van der Waals surface area contributed by atoms with Crippen molar-refractivity contribution in [1.82, 2.24) is 24.0 Å². The van der Waals surface area contributed by atoms with Crippen LogP contribution in [0.4, 0.5) is 0 Å². The SMILES string of the molecule is CCCOc1ccccc1CNCCn1cnc2c1c(=O)n(C)c(=O)n2CC(C)C. The Morgan fingerprint density at radius 3 is 2.70 bits per heavy atom. The Balaban J connectivity index is 1.74. The Bertz CT molecular complexity index is 1110. The molecule has 1 N–H and O–H groups in total. The minimum atomic E-state index is -0.326. The van der Waals surface area contributed by atoms with Crippen LogP contribution in [0.2, 0.25) is 0 Å². The summed E-state index contributed by atoms with van der Waals surface area (Å²) >= 11 is 0. The summed E-state index contributed by atoms with van der Waals surface area (Å²) in [5.41, 5.74) is 1.38. The molecule has 2 aromatic heterocycles. The number of fused-ring (bicyclic) bond motifs is 1. The van der Waals surface area contributed by atoms with Gasteiger partial charge >= 0.3 is 5.69 Å². The Morgan fingerprint density at radius 2 is 1.97 bits per heavy atom. The molecule has 0 aliphatic carbocycles. The van der Waals surface area contributed by atoms with E-state index in [9.17, 15) is 9.59 Å². The molecule has 0 spiro atoms. The number of ether oxygens (including phenoxy) is 1. The van der Waals surface area contributed by atoms with Crippen molar-refractivity contribution in [2.75, 3.05) is 13.2 Å². The first-order valence-electron chi connectivity index (χ1n) is 10.5. The highest BCUT2D eigenvalue weighted by molar-refractivity contribution is 5.70. The summed E-state index contributed by atoms with van der Waals surface area (Å²) in [5, 5.41) is 3.41. The minimum absolute atomic E-state index is 0.269. The molecule has 1 aromatic carbocycles. The molecule has 3 aromatic rings. The van der Waals surface area contributed by atoms with Crippen molar-refractivity contribution >= 4 is 11.2 Å². The lowest BCUT2D eigenvalue weighted by atomic mass is 10.2. The summed E-state index contributed by atoms with van der Waals surface area (Å²) in [6.45, 7) is 9.26. The molecule has 0 saturated carbocycles. The molecule has 0 radical (unpaired) electrons. The van der Waals surface area contributed by atoms with Crippen molar-refractivity contribution in [1.29, 1.82) is 0 Å². The van der Waals surface area contributed by atoms with Crippen LogP contribution in [0, 0.1) is 5.92 Å². The molecule has 0 bridgehead atoms. The molecular formula is C22H31N5O3. The standard InChI is InChI=1S/C22H31N5O3/c1-5-12-30-18-9-7-6-8-17(18)13-23-10-11-26-15-24-20-19(26)21(28)25(4)22(29)27(20)14-16(2)3/h6-9,15-16,23H,5,10-14H2,1-4H3. The second kappa shape index (κ2) is 9.75. The van der Waals surface area contributed by atoms with Crippen molar-refractivity contribution in [2.24, 2.45) is 13.0 Å². The fraction of sp³-hybridized carbons (Fsp3) is 0.500. The van der Waals surface area contributed by atoms with Gasteiger partial charge in [0.1, 0.15) is 5.75 Å². The van der Waals surface area contributed by atoms with Crippen LogP contribution < -0.4 is 21.3 Å². The van der Waals surface area contributed by atoms with E-state index in [-0.39, 0.29) is 17.2 Å². The minimum Gasteiger partial charge on any atom is -0.493 e. The first kappa shape index (κ1) is 21.8. The summed E-state index contributed by atoms with van der Waals surface area (Å²) in [6.07, 6.45) is 2.61. The van der Waals surface area contributed by atoms with Crippen LogP contribution in [0.5, 0.6) is 5.75 Å². The third-order valence-corrected chi connectivity index (χ3v) is 4.93. The molecule has 0 saturated heterocycles. The summed E-state index contributed by atoms with van der Waals surface area (Å²) in [7, 11) is 1.52. The van der Waals surface area contributed by atoms with Gasteiger partial charge in [-0.15, -0.1) is 0 Å². The van der Waals surface area contributed by atoms with Crippen molar-refractivity contribution in [2.45, 2.75) is 46.8 Å². The van der Waals surface area contributed by atoms with E-state index in [1.807, 2.05) is 42.7 Å². The van der Waals surface area contributed by atoms with Crippen LogP contribution >= 0.6 is 0 Å². The molecule has 3 rings (SSSR count). The largest absolute Gasteiger partial charge is 0.493 e. The van der Waals surface area contributed by atoms with E-state index in [1.54, 1.807) is 10.9 Å². The third kappa shape index (κ3) is 4.64. The smallest absolute Gasteiger partial charge is 0.332 e. The third-order valence-electron chi connectivity index (χ3n) is 4.93. The van der Waals surface area contributed by atoms with Crippen molar-refractivity contribution < 1.29 is 4.74 Å². The first-order chi connectivity index (χ1) is 14.4. The zero-order chi connectivity index (χ0) is 21.7. The summed E-state index contributed by atoms with van der Waals surface area (Å²) < 4.78 is 10.4. The Labute approximate surface area is 176 Å². The zero-order valence-corrected chi connectivity index (χ0v) is 18.2. The molecule has 0 aliphatic heterocycles. The fourth-order valence-corrected chi connectivity index (χ4v) is 3.43. The van der Waals surface area contributed by atoms with Gasteiger partial charge in [0.15, 0.2) is 11.2 Å². The fourth-order valence-electron chi connectivity index (χ4n) is 3.43. The Morgan fingerprint density at radius 1 is 1.20 bits per heavy atom. The summed E-state index contributed by atoms with van der Waals surface area (Å²) in [5.74, 6) is 1.16. The molecule has 0 fully saturated rings. The average molecular weight is 414 g/mol. The van der Waals surface area contributed by atoms with Crippen molar-refractivity contribution in [3.63, 3.8) is 0 Å². The van der Waals surface area contributed by atoms with Crippen LogP contribution in [0.15, 0.2) is 40.2 Å². The van der Waals surface area contributed by atoms with Crippen LogP contribution in [0.1, 0.15) is 32.8 Å². The van der Waals surface area contributed by atoms with E-state index in [0.717, 1.165) is 22.3 Å². The lowest BCUT2D eigenvalue weighted by Crippen LogP contribution is -2.39. The normalized spacial score (nSPS) is 11.5. The molecule has 0 amide bonds. The molecule has 2 heterocycles. The van der Waals surface area contributed by atoms with Gasteiger partial charge in [0.25, 0.3) is 5.56 Å². The van der Waals surface area contributed by atoms with Crippen molar-refractivity contribution in [3.8, 4) is 5.75 Å². The molecule has 30 heavy (non-hydrogen) atoms. The van der Waals surface area contributed by atoms with Gasteiger partial charge in [0.05, 0.1) is 12.9 Å². The lowest BCUT2D eigenvalue weighted by molar-refractivity contribution is 0.313. The number of benzene rings is 1. The molecule has 0 unspecified atom stereocenters. The maximum absolute atomic E-state index is 12.7. The van der Waals surface area contributed by atoms with Gasteiger partial charge in [-0.2, -0.15) is 0 Å². The van der Waals surface area contributed by atoms with Gasteiger partial charge in [0.2, 0.25) is 0 Å². The molecule has 162 valence electrons. The highest BCUT2D eigenvalue weighted by Crippen LogP contribution is 2.17. The van der Waals surface area contributed by atoms with Gasteiger partial charge in [-0.25, -0.2) is 9.78 Å². The number of hydrogen-bond acceptors (Lipinski definition) is 5. The molecule has 8 nitrogen and oxygen atoms in total. The number of nitrogens with one attached hydrogen (secondary N) is 1. The number of hydrogen-bond donors (Lipinski definition) is 1. The summed E-state index contributed by atoms with van der Waals surface area (Å²) in [4.78, 5) is 29.6. The van der Waals surface area contributed by atoms with Crippen LogP contribution in [-0.2, 0) is 26.7 Å². The second-order valence-electron chi connectivity index (χ2n) is 7.89. The van der Waals surface area contributed by atoms with Crippen LogP contribution in [0.25, 0.3) is 11.2 Å². The van der Waals surface area contributed by atoms with E-state index in [4.69, 9.17) is 4.74 Å². The molecular weight excluding hydrogens is 382 g/mol. The number of rotatable bonds is 10. The quantitative estimate of drug-likeness (QED) is 0.515. The molecule has 0 aliphatic rings. The van der Waals surface area contributed by atoms with Gasteiger partial charge in [-0.1, -0.05) is 39.0 Å². The maximum Gasteiger partial charge on any atom is 0.332 e. The van der Waals surface area contributed by atoms with E-state index in [0.29, 0.717) is 43.9 Å². The summed E-state index contributed by atoms with van der Waals surface area (Å²) in [6, 6.07) is 7.99. The lowest BCUT2D eigenvalue weighted by Gasteiger charge is -2.13. The Hall–Kier alpha value is -2.87. The zero-order valence-electron chi connectivity index (χ0n) is 18.2. The van der Waals surface area contributed by atoms with Crippen LogP contribution in [-0.4, -0.2) is 31.8 Å². The highest BCUT2D eigenvalue weighted by atomic mass is 16.5. The predicted molar refractivity (Wildman–Crippen MR) is 118 cm³/mol. The number of para-hydroxylation sites is 1. The Kier molecular flexibility index (Phi) is 7.10. The van der Waals surface area contributed by atoms with E-state index >= 15 is 0 Å². The van der Waals surface area contributed by atoms with Gasteiger partial charge in [-0.3, -0.25) is 13.9 Å². The van der Waals surface area contributed by atoms with Crippen molar-refractivity contribution in [3.05, 3.63) is 57.0 Å². The molecule has 8 heteroatoms. The van der Waals surface area contributed by atoms with Crippen LogP contribution in [0.3, 0.4) is 0 Å². The molecule has 0 atom stereocenters. The monoisotopic (exact) mass is 413 g/mol. The second-order valence-corrected chi connectivity index (χ2v) is 7.89. The highest BCUT2D eigenvalue weighted by Gasteiger charge is 2.16. The average Bonchev–Trinajstić information content (AvgIpc) is 3.15. The topological polar surface area (TPSA) is 83.1 Å². The van der Waals surface area contributed by atoms with Gasteiger partial charge < -0.3 is 14.6 Å². The van der Waals surface area contributed by atoms with Gasteiger partial charge in [0, 0.05) is 38.8 Å². The first-order valence-corrected chi connectivity index (χ1v) is 10.5. The van der Waals surface area contributed by atoms with E-state index < -0.39 is 0 Å². The number of imidazole rings is 1.